The second-order valence-corrected chi connectivity index (χ2v) is 12.6. The smallest absolute Gasteiger partial charge is 0.280 e. The predicted molar refractivity (Wildman–Crippen MR) is 143 cm³/mol. The van der Waals surface area contributed by atoms with Gasteiger partial charge in [-0.1, -0.05) is 0 Å². The van der Waals surface area contributed by atoms with E-state index in [1.807, 2.05) is 0 Å². The van der Waals surface area contributed by atoms with E-state index in [4.69, 9.17) is 0 Å². The second-order valence-electron chi connectivity index (χ2n) is 10.4. The Morgan fingerprint density at radius 3 is 2.16 bits per heavy atom. The van der Waals surface area contributed by atoms with E-state index in [1.54, 1.807) is 19.0 Å². The van der Waals surface area contributed by atoms with Gasteiger partial charge in [0.2, 0.25) is 5.91 Å². The Morgan fingerprint density at radius 1 is 0.921 bits per heavy atom. The van der Waals surface area contributed by atoms with E-state index in [1.165, 1.54) is 27.7 Å². The molecule has 0 bridgehead atoms. The van der Waals surface area contributed by atoms with Crippen molar-refractivity contribution in [3.8, 4) is 0 Å². The van der Waals surface area contributed by atoms with Crippen LogP contribution < -0.4 is 10.6 Å². The van der Waals surface area contributed by atoms with Crippen molar-refractivity contribution in [3.05, 3.63) is 36.1 Å². The number of fused-ring (bicyclic) bond motifs is 2. The highest BCUT2D eigenvalue weighted by Gasteiger charge is 2.37. The topological polar surface area (TPSA) is 140 Å². The van der Waals surface area contributed by atoms with Gasteiger partial charge in [-0.05, 0) is 26.3 Å². The number of thiazole rings is 2. The van der Waals surface area contributed by atoms with Crippen molar-refractivity contribution < 1.29 is 14.4 Å². The number of nitroso groups, excluding NO2 is 1. The number of carbonyl (C=O) groups excluding carboxylic acids is 3. The van der Waals surface area contributed by atoms with Crippen LogP contribution in [0.2, 0.25) is 0 Å². The highest BCUT2D eigenvalue weighted by molar-refractivity contribution is 7.14. The quantitative estimate of drug-likeness (QED) is 0.506. The van der Waals surface area contributed by atoms with Crippen molar-refractivity contribution in [1.82, 2.24) is 35.4 Å². The third-order valence-corrected chi connectivity index (χ3v) is 9.57. The summed E-state index contributed by atoms with van der Waals surface area (Å²) in [5.41, 5.74) is 1.80. The summed E-state index contributed by atoms with van der Waals surface area (Å²) in [7, 11) is 5.50. The van der Waals surface area contributed by atoms with E-state index in [2.05, 4.69) is 37.8 Å². The van der Waals surface area contributed by atoms with E-state index in [-0.39, 0.29) is 29.7 Å². The summed E-state index contributed by atoms with van der Waals surface area (Å²) in [5, 5.41) is 11.3. The van der Waals surface area contributed by atoms with Crippen LogP contribution in [0.25, 0.3) is 0 Å². The van der Waals surface area contributed by atoms with Crippen molar-refractivity contribution in [2.75, 3.05) is 34.2 Å². The average molecular weight is 561 g/mol. The van der Waals surface area contributed by atoms with Crippen LogP contribution in [0.15, 0.2) is 5.29 Å². The van der Waals surface area contributed by atoms with Crippen molar-refractivity contribution in [2.45, 2.75) is 57.3 Å². The van der Waals surface area contributed by atoms with Gasteiger partial charge < -0.3 is 20.4 Å². The van der Waals surface area contributed by atoms with Gasteiger partial charge in [0, 0.05) is 68.3 Å². The molecule has 2 aromatic heterocycles. The normalized spacial score (nSPS) is 23.2. The van der Waals surface area contributed by atoms with Gasteiger partial charge in [0.25, 0.3) is 11.8 Å². The third kappa shape index (κ3) is 5.57. The Hall–Kier alpha value is -2.97. The second kappa shape index (κ2) is 11.0. The number of nitrogens with zero attached hydrogens (tertiary/aromatic N) is 6. The highest BCUT2D eigenvalue weighted by atomic mass is 32.1. The molecule has 1 fully saturated rings. The fourth-order valence-electron chi connectivity index (χ4n) is 5.32. The minimum absolute atomic E-state index is 0.0110. The zero-order valence-electron chi connectivity index (χ0n) is 21.7. The zero-order valence-corrected chi connectivity index (χ0v) is 23.4. The molecule has 3 amide bonds. The van der Waals surface area contributed by atoms with Crippen molar-refractivity contribution in [1.29, 1.82) is 0 Å². The Labute approximate surface area is 228 Å². The molecule has 3 atom stereocenters. The minimum atomic E-state index is -0.441. The van der Waals surface area contributed by atoms with Gasteiger partial charge in [-0.3, -0.25) is 19.4 Å². The number of hydrogen-bond donors (Lipinski definition) is 2. The van der Waals surface area contributed by atoms with E-state index >= 15 is 0 Å². The van der Waals surface area contributed by atoms with Crippen LogP contribution in [0.5, 0.6) is 0 Å². The lowest BCUT2D eigenvalue weighted by Gasteiger charge is -2.37. The van der Waals surface area contributed by atoms with Gasteiger partial charge >= 0.3 is 0 Å². The first-order valence-corrected chi connectivity index (χ1v) is 14.4. The lowest BCUT2D eigenvalue weighted by molar-refractivity contribution is -0.134. The molecular formula is C24H32N8O4S2. The fourth-order valence-corrected chi connectivity index (χ4v) is 7.43. The number of carbonyl (C=O) groups is 3. The van der Waals surface area contributed by atoms with Gasteiger partial charge in [-0.25, -0.2) is 9.97 Å². The van der Waals surface area contributed by atoms with Crippen LogP contribution in [0.4, 0.5) is 0 Å². The maximum absolute atomic E-state index is 13.3. The first kappa shape index (κ1) is 26.6. The molecule has 2 N–H and O–H groups in total. The zero-order chi connectivity index (χ0) is 27.0. The van der Waals surface area contributed by atoms with Gasteiger partial charge in [-0.15, -0.1) is 27.6 Å². The van der Waals surface area contributed by atoms with E-state index < -0.39 is 6.04 Å². The number of amides is 3. The Balaban J connectivity index is 1.31. The first-order chi connectivity index (χ1) is 18.2. The monoisotopic (exact) mass is 560 g/mol. The molecule has 4 heterocycles. The number of aromatic nitrogens is 2. The molecule has 1 aliphatic carbocycles. The molecule has 5 rings (SSSR count). The SMILES string of the molecule is CN1CCc2nc(C(=O)N[C@H]3CC[C@H](C(=O)N(C)C)C[C@H]3NC(=O)c3nc4c(s3)CN(N=O)CC4)sc2C1. The average Bonchev–Trinajstić information content (AvgIpc) is 3.52. The lowest BCUT2D eigenvalue weighted by Crippen LogP contribution is -2.55. The molecule has 2 aliphatic heterocycles. The van der Waals surface area contributed by atoms with Crippen LogP contribution in [0.1, 0.15) is 60.0 Å². The summed E-state index contributed by atoms with van der Waals surface area (Å²) in [4.78, 5) is 65.0. The molecule has 204 valence electrons. The number of hydrogen-bond acceptors (Lipinski definition) is 10. The molecule has 0 saturated heterocycles. The standard InChI is InChI=1S/C24H32N8O4S2/c1-30(2)24(35)13-4-5-14(25-20(33)22-27-15-6-8-31(3)11-18(15)37-22)17(10-13)26-21(34)23-28-16-7-9-32(29-36)12-19(16)38-23/h13-14,17H,4-12H2,1-3H3,(H,25,33)(H,26,34)/t13-,14-,17+/m0/s1. The Kier molecular flexibility index (Phi) is 7.73. The van der Waals surface area contributed by atoms with Gasteiger partial charge in [0.1, 0.15) is 0 Å². The summed E-state index contributed by atoms with van der Waals surface area (Å²) in [5.74, 6) is -0.829. The maximum Gasteiger partial charge on any atom is 0.280 e. The molecule has 2 aromatic rings. The molecule has 38 heavy (non-hydrogen) atoms. The first-order valence-electron chi connectivity index (χ1n) is 12.8. The fraction of sp³-hybridized carbons (Fsp3) is 0.625. The minimum Gasteiger partial charge on any atom is -0.349 e. The van der Waals surface area contributed by atoms with Crippen LogP contribution >= 0.6 is 22.7 Å². The van der Waals surface area contributed by atoms with E-state index in [9.17, 15) is 19.3 Å². The van der Waals surface area contributed by atoms with Crippen molar-refractivity contribution in [3.63, 3.8) is 0 Å². The van der Waals surface area contributed by atoms with Crippen LogP contribution in [-0.2, 0) is 30.7 Å². The van der Waals surface area contributed by atoms with E-state index in [0.717, 1.165) is 40.7 Å². The summed E-state index contributed by atoms with van der Waals surface area (Å²) in [6.45, 7) is 2.52. The molecule has 0 spiro atoms. The Morgan fingerprint density at radius 2 is 1.53 bits per heavy atom. The summed E-state index contributed by atoms with van der Waals surface area (Å²) in [6, 6.07) is -0.783. The molecule has 0 aromatic carbocycles. The van der Waals surface area contributed by atoms with Crippen molar-refractivity contribution >= 4 is 40.4 Å². The van der Waals surface area contributed by atoms with Crippen molar-refractivity contribution in [2.24, 2.45) is 11.2 Å². The maximum atomic E-state index is 13.3. The Bertz CT molecular complexity index is 1240. The molecule has 14 heteroatoms. The molecule has 0 unspecified atom stereocenters. The molecule has 12 nitrogen and oxygen atoms in total. The predicted octanol–water partition coefficient (Wildman–Crippen LogP) is 1.41. The van der Waals surface area contributed by atoms with E-state index in [0.29, 0.717) is 48.8 Å². The third-order valence-electron chi connectivity index (χ3n) is 7.41. The van der Waals surface area contributed by atoms with Gasteiger partial charge in [0.15, 0.2) is 10.0 Å². The summed E-state index contributed by atoms with van der Waals surface area (Å²) >= 11 is 2.67. The molecule has 1 saturated carbocycles. The molecule has 3 aliphatic rings. The lowest BCUT2D eigenvalue weighted by atomic mass is 9.81. The number of rotatable bonds is 6. The number of nitrogens with one attached hydrogen (secondary N) is 2. The van der Waals surface area contributed by atoms with Gasteiger partial charge in [-0.2, -0.15) is 0 Å². The summed E-state index contributed by atoms with van der Waals surface area (Å²) < 4.78 is 0. The molecule has 0 radical (unpaired) electrons. The highest BCUT2D eigenvalue weighted by Crippen LogP contribution is 2.30. The molecular weight excluding hydrogens is 528 g/mol. The van der Waals surface area contributed by atoms with Crippen LogP contribution in [0, 0.1) is 10.8 Å². The summed E-state index contributed by atoms with van der Waals surface area (Å²) in [6.07, 6.45) is 2.97. The number of likely N-dealkylation sites (N-methyl/N-ethyl adjacent to an activating group) is 1. The van der Waals surface area contributed by atoms with Crippen LogP contribution in [0.3, 0.4) is 0 Å². The van der Waals surface area contributed by atoms with Crippen LogP contribution in [-0.4, -0.2) is 88.8 Å². The largest absolute Gasteiger partial charge is 0.349 e. The van der Waals surface area contributed by atoms with Gasteiger partial charge in [0.05, 0.1) is 29.3 Å².